The quantitative estimate of drug-likeness (QED) is 0.471. The first-order valence-corrected chi connectivity index (χ1v) is 12.8. The molecule has 0 unspecified atom stereocenters. The lowest BCUT2D eigenvalue weighted by molar-refractivity contribution is -0.117. The summed E-state index contributed by atoms with van der Waals surface area (Å²) in [5.74, 6) is 1.52. The van der Waals surface area contributed by atoms with Gasteiger partial charge in [-0.05, 0) is 30.9 Å². The second-order valence-electron chi connectivity index (χ2n) is 7.84. The van der Waals surface area contributed by atoms with Gasteiger partial charge in [-0.1, -0.05) is 23.9 Å². The largest absolute Gasteiger partial charge is 0.312 e. The molecule has 3 heterocycles. The Morgan fingerprint density at radius 3 is 2.83 bits per heavy atom. The molecule has 30 heavy (non-hydrogen) atoms. The monoisotopic (exact) mass is 448 g/mol. The topological polar surface area (TPSA) is 102 Å². The highest BCUT2D eigenvalue weighted by atomic mass is 32.2. The van der Waals surface area contributed by atoms with Gasteiger partial charge in [0.2, 0.25) is 5.91 Å². The second kappa shape index (κ2) is 8.50. The first-order valence-electron chi connectivity index (χ1n) is 9.97. The number of rotatable bonds is 7. The second-order valence-corrected chi connectivity index (χ2v) is 11.0. The van der Waals surface area contributed by atoms with Gasteiger partial charge in [-0.25, -0.2) is 8.42 Å². The van der Waals surface area contributed by atoms with Crippen LogP contribution < -0.4 is 4.90 Å². The van der Waals surface area contributed by atoms with Crippen molar-refractivity contribution in [2.45, 2.75) is 30.8 Å². The van der Waals surface area contributed by atoms with Crippen LogP contribution in [-0.2, 0) is 28.1 Å². The summed E-state index contributed by atoms with van der Waals surface area (Å²) in [5, 5.41) is 9.00. The summed E-state index contributed by atoms with van der Waals surface area (Å²) in [7, 11) is -1.08. The van der Waals surface area contributed by atoms with E-state index in [1.165, 1.54) is 11.8 Å². The van der Waals surface area contributed by atoms with Crippen LogP contribution in [0.2, 0.25) is 0 Å². The lowest BCUT2D eigenvalue weighted by Gasteiger charge is -2.16. The van der Waals surface area contributed by atoms with Crippen LogP contribution >= 0.6 is 11.8 Å². The number of carbonyl (C=O) groups is 2. The van der Waals surface area contributed by atoms with Gasteiger partial charge >= 0.3 is 0 Å². The Hall–Kier alpha value is -2.20. The Morgan fingerprint density at radius 2 is 2.13 bits per heavy atom. The number of ketones is 1. The van der Waals surface area contributed by atoms with E-state index in [1.54, 1.807) is 23.1 Å². The van der Waals surface area contributed by atoms with Crippen molar-refractivity contribution in [3.63, 3.8) is 0 Å². The number of hydrogen-bond acceptors (Lipinski definition) is 7. The number of benzene rings is 1. The van der Waals surface area contributed by atoms with E-state index >= 15 is 0 Å². The highest BCUT2D eigenvalue weighted by Gasteiger charge is 2.29. The maximum absolute atomic E-state index is 12.7. The molecule has 0 saturated carbocycles. The molecule has 4 rings (SSSR count). The van der Waals surface area contributed by atoms with Crippen LogP contribution in [-0.4, -0.2) is 58.7 Å². The number of sulfone groups is 1. The summed E-state index contributed by atoms with van der Waals surface area (Å²) in [6.45, 7) is 0.690. The van der Waals surface area contributed by atoms with Gasteiger partial charge < -0.3 is 9.47 Å². The Morgan fingerprint density at radius 1 is 1.30 bits per heavy atom. The van der Waals surface area contributed by atoms with Crippen LogP contribution in [0.4, 0.5) is 5.69 Å². The SMILES string of the molecule is Cn1c(C[C@@H]2CCS(=O)(=O)C2)nnc1SCC(=O)c1cccc(N2CCCC2=O)c1. The molecule has 160 valence electrons. The first kappa shape index (κ1) is 21.0. The molecule has 2 aliphatic rings. The normalized spacial score (nSPS) is 20.8. The maximum atomic E-state index is 12.7. The molecule has 0 spiro atoms. The Labute approximate surface area is 180 Å². The number of Topliss-reactive ketones (excluding diaryl/α,β-unsaturated/α-hetero) is 1. The van der Waals surface area contributed by atoms with E-state index in [9.17, 15) is 18.0 Å². The molecule has 2 aliphatic heterocycles. The number of anilines is 1. The Kier molecular flexibility index (Phi) is 5.97. The van der Waals surface area contributed by atoms with Gasteiger partial charge in [0.05, 0.1) is 17.3 Å². The minimum atomic E-state index is -2.92. The van der Waals surface area contributed by atoms with E-state index in [1.807, 2.05) is 17.7 Å². The summed E-state index contributed by atoms with van der Waals surface area (Å²) >= 11 is 1.31. The van der Waals surface area contributed by atoms with Gasteiger partial charge in [-0.3, -0.25) is 9.59 Å². The lowest BCUT2D eigenvalue weighted by atomic mass is 10.1. The maximum Gasteiger partial charge on any atom is 0.227 e. The van der Waals surface area contributed by atoms with Crippen LogP contribution in [0.3, 0.4) is 0 Å². The predicted octanol–water partition coefficient (Wildman–Crippen LogP) is 1.89. The van der Waals surface area contributed by atoms with Gasteiger partial charge in [-0.15, -0.1) is 10.2 Å². The van der Waals surface area contributed by atoms with Crippen molar-refractivity contribution >= 4 is 39.0 Å². The van der Waals surface area contributed by atoms with Crippen molar-refractivity contribution in [1.29, 1.82) is 0 Å². The van der Waals surface area contributed by atoms with Gasteiger partial charge in [0, 0.05) is 37.7 Å². The highest BCUT2D eigenvalue weighted by molar-refractivity contribution is 7.99. The van der Waals surface area contributed by atoms with E-state index in [0.717, 1.165) is 17.9 Å². The summed E-state index contributed by atoms with van der Waals surface area (Å²) in [5.41, 5.74) is 1.33. The van der Waals surface area contributed by atoms with Crippen LogP contribution in [0.25, 0.3) is 0 Å². The average molecular weight is 449 g/mol. The first-order chi connectivity index (χ1) is 14.3. The molecule has 0 aliphatic carbocycles. The minimum absolute atomic E-state index is 0.0417. The van der Waals surface area contributed by atoms with Crippen LogP contribution in [0.15, 0.2) is 29.4 Å². The third kappa shape index (κ3) is 4.59. The van der Waals surface area contributed by atoms with Crippen molar-refractivity contribution in [2.24, 2.45) is 13.0 Å². The van der Waals surface area contributed by atoms with E-state index in [0.29, 0.717) is 36.5 Å². The Balaban J connectivity index is 1.38. The molecular formula is C20H24N4O4S2. The molecule has 2 fully saturated rings. The van der Waals surface area contributed by atoms with Crippen LogP contribution in [0.5, 0.6) is 0 Å². The molecule has 1 atom stereocenters. The smallest absolute Gasteiger partial charge is 0.227 e. The van der Waals surface area contributed by atoms with E-state index in [2.05, 4.69) is 10.2 Å². The van der Waals surface area contributed by atoms with Crippen molar-refractivity contribution < 1.29 is 18.0 Å². The van der Waals surface area contributed by atoms with Crippen LogP contribution in [0, 0.1) is 5.92 Å². The van der Waals surface area contributed by atoms with Crippen LogP contribution in [0.1, 0.15) is 35.4 Å². The molecule has 1 aromatic carbocycles. The molecule has 0 N–H and O–H groups in total. The van der Waals surface area contributed by atoms with Gasteiger partial charge in [0.1, 0.15) is 5.82 Å². The lowest BCUT2D eigenvalue weighted by Crippen LogP contribution is -2.23. The number of aromatic nitrogens is 3. The Bertz CT molecular complexity index is 1080. The van der Waals surface area contributed by atoms with Crippen molar-refractivity contribution in [2.75, 3.05) is 28.7 Å². The van der Waals surface area contributed by atoms with E-state index in [-0.39, 0.29) is 34.9 Å². The fourth-order valence-electron chi connectivity index (χ4n) is 3.92. The van der Waals surface area contributed by atoms with Crippen molar-refractivity contribution in [3.8, 4) is 0 Å². The summed E-state index contributed by atoms with van der Waals surface area (Å²) in [4.78, 5) is 26.4. The van der Waals surface area contributed by atoms with Gasteiger partial charge in [-0.2, -0.15) is 0 Å². The molecular weight excluding hydrogens is 424 g/mol. The summed E-state index contributed by atoms with van der Waals surface area (Å²) < 4.78 is 25.1. The highest BCUT2D eigenvalue weighted by Crippen LogP contribution is 2.25. The van der Waals surface area contributed by atoms with E-state index < -0.39 is 9.84 Å². The fraction of sp³-hybridized carbons (Fsp3) is 0.500. The third-order valence-electron chi connectivity index (χ3n) is 5.61. The number of nitrogens with zero attached hydrogens (tertiary/aromatic N) is 4. The molecule has 0 radical (unpaired) electrons. The molecule has 2 aromatic rings. The van der Waals surface area contributed by atoms with Gasteiger partial charge in [0.25, 0.3) is 0 Å². The summed E-state index contributed by atoms with van der Waals surface area (Å²) in [6, 6.07) is 7.19. The molecule has 8 nitrogen and oxygen atoms in total. The molecule has 10 heteroatoms. The van der Waals surface area contributed by atoms with Gasteiger partial charge in [0.15, 0.2) is 20.8 Å². The number of carbonyl (C=O) groups excluding carboxylic acids is 2. The zero-order valence-electron chi connectivity index (χ0n) is 16.8. The molecule has 2 saturated heterocycles. The number of hydrogen-bond donors (Lipinski definition) is 0. The number of thioether (sulfide) groups is 1. The molecule has 0 bridgehead atoms. The minimum Gasteiger partial charge on any atom is -0.312 e. The standard InChI is InChI=1S/C20H24N4O4S2/c1-23-18(10-14-7-9-30(27,28)13-14)21-22-20(23)29-12-17(25)15-4-2-5-16(11-15)24-8-3-6-19(24)26/h2,4-5,11,14H,3,6-10,12-13H2,1H3/t14-/m0/s1. The fourth-order valence-corrected chi connectivity index (χ4v) is 6.61. The van der Waals surface area contributed by atoms with E-state index in [4.69, 9.17) is 0 Å². The zero-order valence-corrected chi connectivity index (χ0v) is 18.4. The molecule has 1 aromatic heterocycles. The zero-order chi connectivity index (χ0) is 21.3. The summed E-state index contributed by atoms with van der Waals surface area (Å²) in [6.07, 6.45) is 2.62. The number of amides is 1. The molecule has 1 amide bonds. The average Bonchev–Trinajstić information content (AvgIpc) is 3.40. The third-order valence-corrected chi connectivity index (χ3v) is 8.47. The predicted molar refractivity (Wildman–Crippen MR) is 115 cm³/mol. The van der Waals surface area contributed by atoms with Crippen molar-refractivity contribution in [3.05, 3.63) is 35.7 Å². The van der Waals surface area contributed by atoms with Crippen molar-refractivity contribution in [1.82, 2.24) is 14.8 Å².